The average Bonchev–Trinajstić information content (AvgIpc) is 3.08. The largest absolute Gasteiger partial charge is 0.467 e. The van der Waals surface area contributed by atoms with Crippen LogP contribution in [0.4, 0.5) is 5.69 Å². The van der Waals surface area contributed by atoms with Crippen molar-refractivity contribution in [1.82, 2.24) is 4.90 Å². The van der Waals surface area contributed by atoms with Crippen molar-refractivity contribution in [2.45, 2.75) is 20.0 Å². The molecule has 5 nitrogen and oxygen atoms in total. The molecule has 0 atom stereocenters. The third-order valence-corrected chi connectivity index (χ3v) is 5.12. The molecule has 0 unspecified atom stereocenters. The van der Waals surface area contributed by atoms with Crippen LogP contribution >= 0.6 is 11.8 Å². The Morgan fingerprint density at radius 3 is 2.83 bits per heavy atom. The van der Waals surface area contributed by atoms with Crippen LogP contribution in [0.3, 0.4) is 0 Å². The van der Waals surface area contributed by atoms with Gasteiger partial charge in [-0.2, -0.15) is 11.8 Å². The summed E-state index contributed by atoms with van der Waals surface area (Å²) in [5.41, 5.74) is 9.12. The quantitative estimate of drug-likeness (QED) is 0.872. The number of carbonyl (C=O) groups is 1. The first-order valence-electron chi connectivity index (χ1n) is 8.14. The number of hydrogen-bond acceptors (Lipinski definition) is 5. The van der Waals surface area contributed by atoms with Crippen molar-refractivity contribution in [3.8, 4) is 0 Å². The number of anilines is 1. The van der Waals surface area contributed by atoms with Crippen LogP contribution < -0.4 is 11.1 Å². The van der Waals surface area contributed by atoms with Crippen LogP contribution in [0.25, 0.3) is 0 Å². The van der Waals surface area contributed by atoms with Crippen molar-refractivity contribution in [2.75, 3.05) is 29.9 Å². The molecular formula is C18H23N3O2S. The van der Waals surface area contributed by atoms with Gasteiger partial charge in [0.05, 0.1) is 12.1 Å². The highest BCUT2D eigenvalue weighted by atomic mass is 32.2. The average molecular weight is 345 g/mol. The standard InChI is InChI=1S/C18H23N3O2S/c1-13-2-3-14(11-21-4-6-24-7-5-21)8-17(13)20-18(22)15-9-16(10-19)23-12-15/h2-3,8-9,12H,4-7,10-11,19H2,1H3,(H,20,22). The maximum atomic E-state index is 12.4. The van der Waals surface area contributed by atoms with Gasteiger partial charge < -0.3 is 15.5 Å². The van der Waals surface area contributed by atoms with Gasteiger partial charge in [0.25, 0.3) is 5.91 Å². The summed E-state index contributed by atoms with van der Waals surface area (Å²) in [4.78, 5) is 14.8. The van der Waals surface area contributed by atoms with Gasteiger partial charge in [-0.1, -0.05) is 12.1 Å². The highest BCUT2D eigenvalue weighted by molar-refractivity contribution is 7.99. The van der Waals surface area contributed by atoms with Gasteiger partial charge in [-0.25, -0.2) is 0 Å². The fourth-order valence-electron chi connectivity index (χ4n) is 2.72. The zero-order chi connectivity index (χ0) is 16.9. The molecule has 1 aliphatic rings. The summed E-state index contributed by atoms with van der Waals surface area (Å²) in [5, 5.41) is 2.98. The second-order valence-electron chi connectivity index (χ2n) is 6.00. The van der Waals surface area contributed by atoms with Crippen molar-refractivity contribution in [3.63, 3.8) is 0 Å². The van der Waals surface area contributed by atoms with E-state index < -0.39 is 0 Å². The molecule has 3 N–H and O–H groups in total. The van der Waals surface area contributed by atoms with E-state index in [-0.39, 0.29) is 12.5 Å². The number of hydrogen-bond donors (Lipinski definition) is 2. The Morgan fingerprint density at radius 1 is 1.33 bits per heavy atom. The summed E-state index contributed by atoms with van der Waals surface area (Å²) < 4.78 is 5.23. The zero-order valence-corrected chi connectivity index (χ0v) is 14.7. The molecule has 0 saturated carbocycles. The van der Waals surface area contributed by atoms with Crippen molar-refractivity contribution in [3.05, 3.63) is 53.0 Å². The monoisotopic (exact) mass is 345 g/mol. The predicted molar refractivity (Wildman–Crippen MR) is 98.3 cm³/mol. The van der Waals surface area contributed by atoms with E-state index in [1.165, 1.54) is 23.3 Å². The van der Waals surface area contributed by atoms with Crippen LogP contribution in [0.1, 0.15) is 27.2 Å². The Bertz CT molecular complexity index is 708. The minimum absolute atomic E-state index is 0.173. The molecule has 1 aliphatic heterocycles. The SMILES string of the molecule is Cc1ccc(CN2CCSCC2)cc1NC(=O)c1coc(CN)c1. The fourth-order valence-corrected chi connectivity index (χ4v) is 3.70. The predicted octanol–water partition coefficient (Wildman–Crippen LogP) is 2.85. The molecule has 24 heavy (non-hydrogen) atoms. The molecule has 2 heterocycles. The molecule has 3 rings (SSSR count). The molecule has 0 bridgehead atoms. The Balaban J connectivity index is 1.70. The number of thioether (sulfide) groups is 1. The van der Waals surface area contributed by atoms with Crippen molar-refractivity contribution in [2.24, 2.45) is 5.73 Å². The number of amides is 1. The minimum atomic E-state index is -0.173. The molecule has 6 heteroatoms. The molecule has 1 aromatic carbocycles. The Kier molecular flexibility index (Phi) is 5.60. The molecule has 1 fully saturated rings. The van der Waals surface area contributed by atoms with E-state index in [4.69, 9.17) is 10.2 Å². The molecular weight excluding hydrogens is 322 g/mol. The Labute approximate surface area is 146 Å². The lowest BCUT2D eigenvalue weighted by molar-refractivity contribution is 0.102. The normalized spacial score (nSPS) is 15.4. The maximum absolute atomic E-state index is 12.4. The summed E-state index contributed by atoms with van der Waals surface area (Å²) in [5.74, 6) is 2.82. The lowest BCUT2D eigenvalue weighted by atomic mass is 10.1. The number of nitrogens with zero attached hydrogens (tertiary/aromatic N) is 1. The third-order valence-electron chi connectivity index (χ3n) is 4.18. The van der Waals surface area contributed by atoms with E-state index in [0.717, 1.165) is 30.9 Å². The van der Waals surface area contributed by atoms with Crippen molar-refractivity contribution >= 4 is 23.4 Å². The number of benzene rings is 1. The van der Waals surface area contributed by atoms with Crippen LogP contribution in [0.2, 0.25) is 0 Å². The highest BCUT2D eigenvalue weighted by Gasteiger charge is 2.14. The van der Waals surface area contributed by atoms with Crippen LogP contribution in [0.15, 0.2) is 34.9 Å². The second kappa shape index (κ2) is 7.88. The van der Waals surface area contributed by atoms with E-state index in [0.29, 0.717) is 11.3 Å². The van der Waals surface area contributed by atoms with E-state index in [2.05, 4.69) is 28.4 Å². The maximum Gasteiger partial charge on any atom is 0.258 e. The summed E-state index contributed by atoms with van der Waals surface area (Å²) >= 11 is 2.01. The molecule has 2 aromatic rings. The Hall–Kier alpha value is -1.76. The van der Waals surface area contributed by atoms with Gasteiger partial charge >= 0.3 is 0 Å². The van der Waals surface area contributed by atoms with Crippen molar-refractivity contribution in [1.29, 1.82) is 0 Å². The summed E-state index contributed by atoms with van der Waals surface area (Å²) in [6, 6.07) is 7.94. The molecule has 0 aliphatic carbocycles. The van der Waals surface area contributed by atoms with Crippen LogP contribution in [0.5, 0.6) is 0 Å². The van der Waals surface area contributed by atoms with Gasteiger partial charge in [0, 0.05) is 36.8 Å². The first-order valence-corrected chi connectivity index (χ1v) is 9.29. The van der Waals surface area contributed by atoms with Crippen molar-refractivity contribution < 1.29 is 9.21 Å². The van der Waals surface area contributed by atoms with Gasteiger partial charge in [0.15, 0.2) is 0 Å². The first kappa shape index (κ1) is 17.1. The number of rotatable bonds is 5. The fraction of sp³-hybridized carbons (Fsp3) is 0.389. The van der Waals surface area contributed by atoms with E-state index in [1.807, 2.05) is 18.7 Å². The Morgan fingerprint density at radius 2 is 2.12 bits per heavy atom. The number of furan rings is 1. The summed E-state index contributed by atoms with van der Waals surface area (Å²) in [7, 11) is 0. The van der Waals surface area contributed by atoms with E-state index in [1.54, 1.807) is 6.07 Å². The summed E-state index contributed by atoms with van der Waals surface area (Å²) in [6.45, 7) is 5.45. The topological polar surface area (TPSA) is 71.5 Å². The minimum Gasteiger partial charge on any atom is -0.467 e. The number of carbonyl (C=O) groups excluding carboxylic acids is 1. The molecule has 1 saturated heterocycles. The van der Waals surface area contributed by atoms with Gasteiger partial charge in [-0.05, 0) is 30.2 Å². The van der Waals surface area contributed by atoms with Gasteiger partial charge in [-0.15, -0.1) is 0 Å². The summed E-state index contributed by atoms with van der Waals surface area (Å²) in [6.07, 6.45) is 1.45. The number of nitrogens with one attached hydrogen (secondary N) is 1. The van der Waals surface area contributed by atoms with Gasteiger partial charge in [-0.3, -0.25) is 9.69 Å². The molecule has 128 valence electrons. The lowest BCUT2D eigenvalue weighted by Crippen LogP contribution is -2.32. The molecule has 0 spiro atoms. The first-order chi connectivity index (χ1) is 11.7. The number of aryl methyl sites for hydroxylation is 1. The van der Waals surface area contributed by atoms with Crippen LogP contribution in [-0.2, 0) is 13.1 Å². The molecule has 1 aromatic heterocycles. The van der Waals surface area contributed by atoms with Gasteiger partial charge in [0.2, 0.25) is 0 Å². The third kappa shape index (κ3) is 4.20. The number of nitrogens with two attached hydrogens (primary N) is 1. The van der Waals surface area contributed by atoms with E-state index in [9.17, 15) is 4.79 Å². The molecule has 0 radical (unpaired) electrons. The zero-order valence-electron chi connectivity index (χ0n) is 13.9. The smallest absolute Gasteiger partial charge is 0.258 e. The van der Waals surface area contributed by atoms with E-state index >= 15 is 0 Å². The van der Waals surface area contributed by atoms with Crippen LogP contribution in [0, 0.1) is 6.92 Å². The molecule has 1 amide bonds. The second-order valence-corrected chi connectivity index (χ2v) is 7.22. The lowest BCUT2D eigenvalue weighted by Gasteiger charge is -2.26. The highest BCUT2D eigenvalue weighted by Crippen LogP contribution is 2.21. The van der Waals surface area contributed by atoms with Crippen LogP contribution in [-0.4, -0.2) is 35.4 Å². The van der Waals surface area contributed by atoms with Gasteiger partial charge in [0.1, 0.15) is 12.0 Å².